The Balaban J connectivity index is 2.61. The Morgan fingerprint density at radius 1 is 1.47 bits per heavy atom. The monoisotopic (exact) mass is 278 g/mol. The van der Waals surface area contributed by atoms with Crippen LogP contribution in [0.3, 0.4) is 0 Å². The second kappa shape index (κ2) is 4.09. The lowest BCUT2D eigenvalue weighted by atomic mass is 9.95. The van der Waals surface area contributed by atoms with Crippen molar-refractivity contribution in [1.29, 1.82) is 0 Å². The normalized spacial score (nSPS) is 22.3. The van der Waals surface area contributed by atoms with Crippen LogP contribution in [-0.4, -0.2) is 30.9 Å². The van der Waals surface area contributed by atoms with Crippen molar-refractivity contribution in [2.45, 2.75) is 11.8 Å². The van der Waals surface area contributed by atoms with Crippen LogP contribution in [0, 0.1) is 5.82 Å². The Morgan fingerprint density at radius 3 is 2.63 bits per heavy atom. The number of hydrogen-bond acceptors (Lipinski definition) is 2. The molecule has 0 saturated heterocycles. The molecule has 2 amide bonds. The van der Waals surface area contributed by atoms with Crippen molar-refractivity contribution in [1.82, 2.24) is 5.32 Å². The average Bonchev–Trinajstić information content (AvgIpc) is 2.62. The summed E-state index contributed by atoms with van der Waals surface area (Å²) in [5.74, 6) is -0.916. The second-order valence-electron chi connectivity index (χ2n) is 4.16. The molecule has 19 heavy (non-hydrogen) atoms. The SMILES string of the molecule is CNC(=O)N1C[C@](O)(C(F)(F)F)c2cc(F)ccc21. The Bertz CT molecular complexity index is 532. The number of anilines is 1. The zero-order chi connectivity index (χ0) is 14.4. The van der Waals surface area contributed by atoms with Gasteiger partial charge < -0.3 is 10.4 Å². The van der Waals surface area contributed by atoms with Gasteiger partial charge in [-0.2, -0.15) is 13.2 Å². The minimum atomic E-state index is -5.02. The van der Waals surface area contributed by atoms with Crippen LogP contribution >= 0.6 is 0 Å². The summed E-state index contributed by atoms with van der Waals surface area (Å²) >= 11 is 0. The molecule has 0 unspecified atom stereocenters. The predicted octanol–water partition coefficient (Wildman–Crippen LogP) is 1.74. The van der Waals surface area contributed by atoms with Crippen molar-refractivity contribution in [2.24, 2.45) is 0 Å². The average molecular weight is 278 g/mol. The highest BCUT2D eigenvalue weighted by atomic mass is 19.4. The van der Waals surface area contributed by atoms with Crippen LogP contribution < -0.4 is 10.2 Å². The zero-order valence-corrected chi connectivity index (χ0v) is 9.75. The fourth-order valence-corrected chi connectivity index (χ4v) is 2.03. The van der Waals surface area contributed by atoms with E-state index in [1.165, 1.54) is 7.05 Å². The van der Waals surface area contributed by atoms with Gasteiger partial charge in [-0.15, -0.1) is 0 Å². The molecule has 1 aromatic carbocycles. The molecule has 1 aliphatic heterocycles. The van der Waals surface area contributed by atoms with Crippen LogP contribution in [0.4, 0.5) is 28.0 Å². The number of benzene rings is 1. The van der Waals surface area contributed by atoms with E-state index in [0.717, 1.165) is 17.0 Å². The lowest BCUT2D eigenvalue weighted by molar-refractivity contribution is -0.258. The molecular weight excluding hydrogens is 268 g/mol. The highest BCUT2D eigenvalue weighted by Crippen LogP contribution is 2.48. The number of nitrogens with one attached hydrogen (secondary N) is 1. The van der Waals surface area contributed by atoms with Crippen molar-refractivity contribution in [2.75, 3.05) is 18.5 Å². The van der Waals surface area contributed by atoms with Gasteiger partial charge in [0.25, 0.3) is 0 Å². The molecule has 1 aliphatic rings. The molecule has 8 heteroatoms. The second-order valence-corrected chi connectivity index (χ2v) is 4.16. The van der Waals surface area contributed by atoms with Gasteiger partial charge in [0.05, 0.1) is 12.2 Å². The summed E-state index contributed by atoms with van der Waals surface area (Å²) in [4.78, 5) is 12.2. The summed E-state index contributed by atoms with van der Waals surface area (Å²) in [6, 6.07) is 1.74. The molecule has 0 fully saturated rings. The standard InChI is InChI=1S/C11H10F4N2O2/c1-16-9(18)17-5-10(19,11(13,14)15)7-4-6(12)2-3-8(7)17/h2-4,19H,5H2,1H3,(H,16,18)/t10-/m1/s1. The van der Waals surface area contributed by atoms with Crippen molar-refractivity contribution >= 4 is 11.7 Å². The Kier molecular flexibility index (Phi) is 2.93. The lowest BCUT2D eigenvalue weighted by Crippen LogP contribution is -2.48. The van der Waals surface area contributed by atoms with Crippen LogP contribution in [0.5, 0.6) is 0 Å². The third-order valence-corrected chi connectivity index (χ3v) is 3.01. The fourth-order valence-electron chi connectivity index (χ4n) is 2.03. The van der Waals surface area contributed by atoms with Crippen LogP contribution in [-0.2, 0) is 5.60 Å². The molecule has 1 atom stereocenters. The summed E-state index contributed by atoms with van der Waals surface area (Å²) in [7, 11) is 1.25. The van der Waals surface area contributed by atoms with Crippen LogP contribution in [0.1, 0.15) is 5.56 Å². The van der Waals surface area contributed by atoms with Crippen LogP contribution in [0.2, 0.25) is 0 Å². The van der Waals surface area contributed by atoms with Crippen molar-refractivity contribution in [3.05, 3.63) is 29.6 Å². The van der Waals surface area contributed by atoms with E-state index < -0.39 is 35.7 Å². The van der Waals surface area contributed by atoms with Crippen LogP contribution in [0.25, 0.3) is 0 Å². The van der Waals surface area contributed by atoms with E-state index in [4.69, 9.17) is 0 Å². The van der Waals surface area contributed by atoms with Gasteiger partial charge in [0.2, 0.25) is 5.60 Å². The first kappa shape index (κ1) is 13.6. The van der Waals surface area contributed by atoms with Gasteiger partial charge in [-0.1, -0.05) is 0 Å². The lowest BCUT2D eigenvalue weighted by Gasteiger charge is -2.26. The van der Waals surface area contributed by atoms with Gasteiger partial charge in [-0.3, -0.25) is 4.90 Å². The van der Waals surface area contributed by atoms with Gasteiger partial charge in [-0.25, -0.2) is 9.18 Å². The number of rotatable bonds is 0. The minimum Gasteiger partial charge on any atom is -0.375 e. The smallest absolute Gasteiger partial charge is 0.375 e. The van der Waals surface area contributed by atoms with Crippen molar-refractivity contribution in [3.8, 4) is 0 Å². The van der Waals surface area contributed by atoms with Gasteiger partial charge in [-0.05, 0) is 18.2 Å². The number of urea groups is 1. The summed E-state index contributed by atoms with van der Waals surface area (Å²) < 4.78 is 52.0. The van der Waals surface area contributed by atoms with E-state index >= 15 is 0 Å². The number of fused-ring (bicyclic) bond motifs is 1. The van der Waals surface area contributed by atoms with Gasteiger partial charge in [0.1, 0.15) is 5.82 Å². The summed E-state index contributed by atoms with van der Waals surface area (Å²) in [6.45, 7) is -1.01. The fraction of sp³-hybridized carbons (Fsp3) is 0.364. The Labute approximate surface area is 105 Å². The summed E-state index contributed by atoms with van der Waals surface area (Å²) in [6.07, 6.45) is -5.02. The summed E-state index contributed by atoms with van der Waals surface area (Å²) in [5, 5.41) is 12.0. The zero-order valence-electron chi connectivity index (χ0n) is 9.75. The first-order chi connectivity index (χ1) is 8.70. The van der Waals surface area contributed by atoms with Gasteiger partial charge >= 0.3 is 12.2 Å². The van der Waals surface area contributed by atoms with E-state index in [2.05, 4.69) is 5.32 Å². The molecule has 0 aliphatic carbocycles. The highest BCUT2D eigenvalue weighted by Gasteiger charge is 2.61. The molecule has 4 nitrogen and oxygen atoms in total. The molecule has 2 N–H and O–H groups in total. The number of aliphatic hydroxyl groups is 1. The molecule has 0 radical (unpaired) electrons. The van der Waals surface area contributed by atoms with E-state index in [1.54, 1.807) is 0 Å². The largest absolute Gasteiger partial charge is 0.423 e. The number of alkyl halides is 3. The molecule has 2 rings (SSSR count). The molecule has 0 spiro atoms. The van der Waals surface area contributed by atoms with E-state index in [0.29, 0.717) is 6.07 Å². The number of carbonyl (C=O) groups is 1. The van der Waals surface area contributed by atoms with Crippen molar-refractivity contribution < 1.29 is 27.5 Å². The number of carbonyl (C=O) groups excluding carboxylic acids is 1. The minimum absolute atomic E-state index is 0.166. The maximum Gasteiger partial charge on any atom is 0.423 e. The maximum atomic E-state index is 13.1. The third-order valence-electron chi connectivity index (χ3n) is 3.01. The topological polar surface area (TPSA) is 52.6 Å². The highest BCUT2D eigenvalue weighted by molar-refractivity contribution is 5.94. The number of nitrogens with zero attached hydrogens (tertiary/aromatic N) is 1. The quantitative estimate of drug-likeness (QED) is 0.710. The molecular formula is C11H10F4N2O2. The number of hydrogen-bond donors (Lipinski definition) is 2. The number of halogens is 4. The molecule has 1 aromatic rings. The third kappa shape index (κ3) is 1.92. The van der Waals surface area contributed by atoms with Crippen LogP contribution in [0.15, 0.2) is 18.2 Å². The number of β-amino-alcohol motifs (C(OH)–C–C–N with tert-alkyl or cyclic N) is 1. The van der Waals surface area contributed by atoms with E-state index in [9.17, 15) is 27.5 Å². The Morgan fingerprint density at radius 2 is 2.11 bits per heavy atom. The Hall–Kier alpha value is -1.83. The first-order valence-corrected chi connectivity index (χ1v) is 5.29. The van der Waals surface area contributed by atoms with E-state index in [1.807, 2.05) is 0 Å². The molecule has 0 bridgehead atoms. The maximum absolute atomic E-state index is 13.1. The first-order valence-electron chi connectivity index (χ1n) is 5.29. The molecule has 1 heterocycles. The molecule has 0 saturated carbocycles. The van der Waals surface area contributed by atoms with Crippen molar-refractivity contribution in [3.63, 3.8) is 0 Å². The van der Waals surface area contributed by atoms with Gasteiger partial charge in [0, 0.05) is 12.6 Å². The number of amides is 2. The molecule has 0 aromatic heterocycles. The molecule has 104 valence electrons. The summed E-state index contributed by atoms with van der Waals surface area (Å²) in [5.41, 5.74) is -4.10. The van der Waals surface area contributed by atoms with E-state index in [-0.39, 0.29) is 5.69 Å². The predicted molar refractivity (Wildman–Crippen MR) is 58.2 cm³/mol. The van der Waals surface area contributed by atoms with Gasteiger partial charge in [0.15, 0.2) is 0 Å².